The van der Waals surface area contributed by atoms with Gasteiger partial charge in [0.2, 0.25) is 0 Å². The van der Waals surface area contributed by atoms with Gasteiger partial charge in [0.1, 0.15) is 0 Å². The van der Waals surface area contributed by atoms with Crippen molar-refractivity contribution in [3.05, 3.63) is 23.8 Å². The lowest BCUT2D eigenvalue weighted by atomic mass is 10.1. The molecular weight excluding hydrogens is 268 g/mol. The molecule has 0 atom stereocenters. The van der Waals surface area contributed by atoms with Crippen LogP contribution in [0.2, 0.25) is 0 Å². The largest absolute Gasteiger partial charge is 0.385 e. The van der Waals surface area contributed by atoms with Crippen molar-refractivity contribution in [2.45, 2.75) is 81.1 Å². The highest BCUT2D eigenvalue weighted by atomic mass is 16.5. The molecule has 0 fully saturated rings. The van der Waals surface area contributed by atoms with Gasteiger partial charge in [-0.15, -0.1) is 12.3 Å². The first-order valence-electron chi connectivity index (χ1n) is 8.47. The first kappa shape index (κ1) is 29.1. The van der Waals surface area contributed by atoms with Crippen molar-refractivity contribution in [2.24, 2.45) is 5.92 Å². The highest BCUT2D eigenvalue weighted by Gasteiger charge is 1.85. The van der Waals surface area contributed by atoms with E-state index >= 15 is 0 Å². The zero-order chi connectivity index (χ0) is 18.4. The van der Waals surface area contributed by atoms with E-state index in [0.29, 0.717) is 0 Å². The predicted octanol–water partition coefficient (Wildman–Crippen LogP) is 7.04. The summed E-state index contributed by atoms with van der Waals surface area (Å²) in [5.41, 5.74) is 2.49. The summed E-state index contributed by atoms with van der Waals surface area (Å²) in [7, 11) is 1.71. The molecule has 0 saturated heterocycles. The van der Waals surface area contributed by atoms with E-state index < -0.39 is 0 Å². The second-order valence-corrected chi connectivity index (χ2v) is 5.54. The Balaban J connectivity index is -0.000000104. The normalized spacial score (nSPS) is 9.23. The van der Waals surface area contributed by atoms with Crippen LogP contribution in [0.25, 0.3) is 0 Å². The second kappa shape index (κ2) is 28.2. The van der Waals surface area contributed by atoms with Crippen LogP contribution in [0.5, 0.6) is 0 Å². The summed E-state index contributed by atoms with van der Waals surface area (Å²) in [6.07, 6.45) is 11.7. The summed E-state index contributed by atoms with van der Waals surface area (Å²) in [6, 6.07) is 0. The Kier molecular flexibility index (Phi) is 37.3. The van der Waals surface area contributed by atoms with Gasteiger partial charge in [0, 0.05) is 13.7 Å². The third kappa shape index (κ3) is 50.9. The minimum absolute atomic E-state index is 0.889. The molecule has 0 unspecified atom stereocenters. The molecule has 0 radical (unpaired) electrons. The summed E-state index contributed by atoms with van der Waals surface area (Å²) in [6.45, 7) is 21.4. The lowest BCUT2D eigenvalue weighted by Gasteiger charge is -1.95. The maximum absolute atomic E-state index is 4.69. The summed E-state index contributed by atoms with van der Waals surface area (Å²) in [5, 5.41) is 0. The first-order valence-corrected chi connectivity index (χ1v) is 8.47. The molecule has 0 saturated carbocycles. The molecule has 0 N–H and O–H groups in total. The molecule has 0 aromatic carbocycles. The Morgan fingerprint density at radius 2 is 1.64 bits per heavy atom. The average molecular weight is 311 g/mol. The van der Waals surface area contributed by atoms with E-state index in [1.165, 1.54) is 24.0 Å². The third-order valence-electron chi connectivity index (χ3n) is 2.46. The zero-order valence-electron chi connectivity index (χ0n) is 16.9. The molecule has 1 heteroatoms. The number of hydrogen-bond acceptors (Lipinski definition) is 1. The standard InChI is InChI=1S/C8H14.C6H14.C4H10O.C3H4/c1-5-6-8(4)7(2)3;1-4-5-6(2)3;1-3-4-5-2;1-3-2/h6H,2,5H2,1,3-4H3;6H,4-5H2,1-3H3;3-4H2,1-2H3;1H,2H3/b8-6+;;;. The van der Waals surface area contributed by atoms with E-state index in [0.717, 1.165) is 25.4 Å². The summed E-state index contributed by atoms with van der Waals surface area (Å²) >= 11 is 0. The molecule has 0 spiro atoms. The molecule has 0 aliphatic carbocycles. The Morgan fingerprint density at radius 1 is 1.18 bits per heavy atom. The lowest BCUT2D eigenvalue weighted by Crippen LogP contribution is -1.81. The van der Waals surface area contributed by atoms with Crippen molar-refractivity contribution in [2.75, 3.05) is 13.7 Å². The summed E-state index contributed by atoms with van der Waals surface area (Å²) in [4.78, 5) is 0. The highest BCUT2D eigenvalue weighted by molar-refractivity contribution is 5.23. The minimum Gasteiger partial charge on any atom is -0.385 e. The van der Waals surface area contributed by atoms with Crippen LogP contribution in [0.1, 0.15) is 81.1 Å². The first-order chi connectivity index (χ1) is 10.3. The number of hydrogen-bond donors (Lipinski definition) is 0. The Morgan fingerprint density at radius 3 is 1.68 bits per heavy atom. The van der Waals surface area contributed by atoms with Crippen molar-refractivity contribution in [1.82, 2.24) is 0 Å². The van der Waals surface area contributed by atoms with E-state index in [-0.39, 0.29) is 0 Å². The molecule has 0 aliphatic rings. The zero-order valence-corrected chi connectivity index (χ0v) is 16.9. The number of rotatable bonds is 6. The minimum atomic E-state index is 0.889. The number of methoxy groups -OCH3 is 1. The third-order valence-corrected chi connectivity index (χ3v) is 2.46. The maximum Gasteiger partial charge on any atom is 0.0459 e. The molecule has 0 bridgehead atoms. The molecule has 0 aromatic rings. The van der Waals surface area contributed by atoms with Gasteiger partial charge in [0.25, 0.3) is 0 Å². The van der Waals surface area contributed by atoms with Crippen molar-refractivity contribution >= 4 is 0 Å². The van der Waals surface area contributed by atoms with Gasteiger partial charge in [0.05, 0.1) is 0 Å². The SMILES string of the molecule is C#CC.C=C(C)/C(C)=C/CC.CCCC(C)C.CCCOC. The molecule has 22 heavy (non-hydrogen) atoms. The second-order valence-electron chi connectivity index (χ2n) is 5.54. The van der Waals surface area contributed by atoms with Gasteiger partial charge in [-0.1, -0.05) is 71.3 Å². The smallest absolute Gasteiger partial charge is 0.0459 e. The molecule has 0 aliphatic heterocycles. The molecule has 1 nitrogen and oxygen atoms in total. The fourth-order valence-corrected chi connectivity index (χ4v) is 1.26. The Hall–Kier alpha value is -1.00. The van der Waals surface area contributed by atoms with Crippen LogP contribution >= 0.6 is 0 Å². The topological polar surface area (TPSA) is 9.23 Å². The van der Waals surface area contributed by atoms with Crippen LogP contribution in [0.4, 0.5) is 0 Å². The Labute approximate surface area is 142 Å². The average Bonchev–Trinajstić information content (AvgIpc) is 2.42. The van der Waals surface area contributed by atoms with Crippen LogP contribution in [0, 0.1) is 18.3 Å². The fourth-order valence-electron chi connectivity index (χ4n) is 1.26. The number of allylic oxidation sites excluding steroid dienone is 3. The molecule has 0 rings (SSSR count). The molecular formula is C21H42O. The van der Waals surface area contributed by atoms with E-state index in [1.54, 1.807) is 14.0 Å². The van der Waals surface area contributed by atoms with Crippen molar-refractivity contribution in [3.8, 4) is 12.3 Å². The summed E-state index contributed by atoms with van der Waals surface area (Å²) < 4.78 is 4.69. The Bertz CT molecular complexity index is 264. The van der Waals surface area contributed by atoms with Gasteiger partial charge < -0.3 is 4.74 Å². The van der Waals surface area contributed by atoms with E-state index in [2.05, 4.69) is 66.5 Å². The van der Waals surface area contributed by atoms with Crippen LogP contribution in [0.15, 0.2) is 23.8 Å². The fraction of sp³-hybridized carbons (Fsp3) is 0.714. The van der Waals surface area contributed by atoms with Crippen LogP contribution in [-0.4, -0.2) is 13.7 Å². The van der Waals surface area contributed by atoms with E-state index in [4.69, 9.17) is 4.74 Å². The summed E-state index contributed by atoms with van der Waals surface area (Å²) in [5.74, 6) is 3.15. The van der Waals surface area contributed by atoms with Gasteiger partial charge >= 0.3 is 0 Å². The van der Waals surface area contributed by atoms with Crippen molar-refractivity contribution < 1.29 is 4.74 Å². The molecule has 0 aromatic heterocycles. The number of terminal acetylenes is 1. The van der Waals surface area contributed by atoms with Gasteiger partial charge in [-0.05, 0) is 39.5 Å². The van der Waals surface area contributed by atoms with Gasteiger partial charge in [0.15, 0.2) is 0 Å². The quantitative estimate of drug-likeness (QED) is 0.377. The van der Waals surface area contributed by atoms with Crippen LogP contribution in [-0.2, 0) is 4.74 Å². The van der Waals surface area contributed by atoms with E-state index in [1.807, 2.05) is 6.92 Å². The molecule has 0 amide bonds. The molecule has 132 valence electrons. The van der Waals surface area contributed by atoms with Crippen molar-refractivity contribution in [3.63, 3.8) is 0 Å². The van der Waals surface area contributed by atoms with Gasteiger partial charge in [-0.25, -0.2) is 0 Å². The highest BCUT2D eigenvalue weighted by Crippen LogP contribution is 2.04. The molecule has 0 heterocycles. The van der Waals surface area contributed by atoms with Crippen molar-refractivity contribution in [1.29, 1.82) is 0 Å². The van der Waals surface area contributed by atoms with Gasteiger partial charge in [-0.2, -0.15) is 0 Å². The monoisotopic (exact) mass is 310 g/mol. The van der Waals surface area contributed by atoms with Crippen LogP contribution in [0.3, 0.4) is 0 Å². The maximum atomic E-state index is 4.69. The van der Waals surface area contributed by atoms with Gasteiger partial charge in [-0.3, -0.25) is 0 Å². The number of ether oxygens (including phenoxy) is 1. The van der Waals surface area contributed by atoms with Crippen LogP contribution < -0.4 is 0 Å². The van der Waals surface area contributed by atoms with E-state index in [9.17, 15) is 0 Å². The lowest BCUT2D eigenvalue weighted by molar-refractivity contribution is 0.199. The predicted molar refractivity (Wildman–Crippen MR) is 105 cm³/mol.